The first kappa shape index (κ1) is 13.4. The van der Waals surface area contributed by atoms with Crippen molar-refractivity contribution < 1.29 is 13.9 Å². The third-order valence-corrected chi connectivity index (χ3v) is 3.35. The van der Waals surface area contributed by atoms with Crippen LogP contribution < -0.4 is 0 Å². The van der Waals surface area contributed by atoms with E-state index in [4.69, 9.17) is 9.15 Å². The monoisotopic (exact) mass is 280 g/mol. The summed E-state index contributed by atoms with van der Waals surface area (Å²) in [6, 6.07) is 15.5. The van der Waals surface area contributed by atoms with Gasteiger partial charge >= 0.3 is 5.97 Å². The molecule has 0 aliphatic heterocycles. The average molecular weight is 280 g/mol. The summed E-state index contributed by atoms with van der Waals surface area (Å²) < 4.78 is 10.6. The van der Waals surface area contributed by atoms with Crippen LogP contribution in [0.2, 0.25) is 0 Å². The largest absolute Gasteiger partial charge is 0.462 e. The summed E-state index contributed by atoms with van der Waals surface area (Å²) >= 11 is 0. The van der Waals surface area contributed by atoms with Gasteiger partial charge in [-0.05, 0) is 55.3 Å². The van der Waals surface area contributed by atoms with Gasteiger partial charge in [-0.15, -0.1) is 0 Å². The van der Waals surface area contributed by atoms with E-state index in [9.17, 15) is 4.79 Å². The topological polar surface area (TPSA) is 39.4 Å². The number of carbonyl (C=O) groups is 1. The van der Waals surface area contributed by atoms with E-state index >= 15 is 0 Å². The van der Waals surface area contributed by atoms with E-state index < -0.39 is 0 Å². The van der Waals surface area contributed by atoms with Gasteiger partial charge in [-0.3, -0.25) is 0 Å². The van der Waals surface area contributed by atoms with Gasteiger partial charge in [0.25, 0.3) is 0 Å². The van der Waals surface area contributed by atoms with Crippen LogP contribution in [0.3, 0.4) is 0 Å². The second kappa shape index (κ2) is 5.44. The van der Waals surface area contributed by atoms with Crippen LogP contribution >= 0.6 is 0 Å². The molecule has 2 aromatic carbocycles. The molecule has 0 saturated carbocycles. The van der Waals surface area contributed by atoms with Crippen LogP contribution in [0.25, 0.3) is 22.1 Å². The molecule has 3 nitrogen and oxygen atoms in total. The fourth-order valence-corrected chi connectivity index (χ4v) is 2.40. The van der Waals surface area contributed by atoms with Crippen LogP contribution in [0, 0.1) is 6.92 Å². The van der Waals surface area contributed by atoms with E-state index in [1.54, 1.807) is 13.0 Å². The van der Waals surface area contributed by atoms with Crippen LogP contribution in [0.4, 0.5) is 0 Å². The number of rotatable bonds is 3. The highest BCUT2D eigenvalue weighted by atomic mass is 16.5. The van der Waals surface area contributed by atoms with Crippen LogP contribution in [0.5, 0.6) is 0 Å². The highest BCUT2D eigenvalue weighted by Gasteiger charge is 2.09. The number of aryl methyl sites for hydroxylation is 1. The molecule has 3 heteroatoms. The summed E-state index contributed by atoms with van der Waals surface area (Å²) in [7, 11) is 0. The molecule has 0 bridgehead atoms. The third-order valence-electron chi connectivity index (χ3n) is 3.35. The number of esters is 1. The molecule has 21 heavy (non-hydrogen) atoms. The smallest absolute Gasteiger partial charge is 0.338 e. The SMILES string of the molecule is CCOC(=O)c1cccc(-c2ccc3oc(C)cc3c2)c1. The van der Waals surface area contributed by atoms with Gasteiger partial charge in [0.1, 0.15) is 11.3 Å². The molecule has 0 N–H and O–H groups in total. The second-order valence-electron chi connectivity index (χ2n) is 4.91. The molecule has 0 unspecified atom stereocenters. The van der Waals surface area contributed by atoms with Gasteiger partial charge in [0, 0.05) is 5.39 Å². The van der Waals surface area contributed by atoms with Crippen LogP contribution in [-0.4, -0.2) is 12.6 Å². The molecule has 0 saturated heterocycles. The first-order valence-electron chi connectivity index (χ1n) is 6.95. The molecule has 1 aromatic heterocycles. The van der Waals surface area contributed by atoms with Gasteiger partial charge in [0.05, 0.1) is 12.2 Å². The lowest BCUT2D eigenvalue weighted by molar-refractivity contribution is 0.0526. The van der Waals surface area contributed by atoms with E-state index in [-0.39, 0.29) is 5.97 Å². The van der Waals surface area contributed by atoms with Crippen molar-refractivity contribution in [2.24, 2.45) is 0 Å². The van der Waals surface area contributed by atoms with Crippen molar-refractivity contribution in [1.29, 1.82) is 0 Å². The first-order chi connectivity index (χ1) is 10.2. The normalized spacial score (nSPS) is 10.8. The number of hydrogen-bond donors (Lipinski definition) is 0. The number of hydrogen-bond acceptors (Lipinski definition) is 3. The second-order valence-corrected chi connectivity index (χ2v) is 4.91. The van der Waals surface area contributed by atoms with Crippen LogP contribution in [0.1, 0.15) is 23.0 Å². The minimum atomic E-state index is -0.292. The summed E-state index contributed by atoms with van der Waals surface area (Å²) in [5, 5.41) is 1.06. The lowest BCUT2D eigenvalue weighted by Crippen LogP contribution is -2.04. The fourth-order valence-electron chi connectivity index (χ4n) is 2.40. The van der Waals surface area contributed by atoms with E-state index in [0.717, 1.165) is 27.9 Å². The number of carbonyl (C=O) groups excluding carboxylic acids is 1. The van der Waals surface area contributed by atoms with E-state index in [0.29, 0.717) is 12.2 Å². The van der Waals surface area contributed by atoms with Gasteiger partial charge in [0.15, 0.2) is 0 Å². The highest BCUT2D eigenvalue weighted by molar-refractivity contribution is 5.92. The molecule has 0 amide bonds. The van der Waals surface area contributed by atoms with E-state index in [1.165, 1.54) is 0 Å². The number of furan rings is 1. The van der Waals surface area contributed by atoms with Crippen molar-refractivity contribution in [3.63, 3.8) is 0 Å². The van der Waals surface area contributed by atoms with Crippen LogP contribution in [-0.2, 0) is 4.74 Å². The lowest BCUT2D eigenvalue weighted by Gasteiger charge is -2.05. The van der Waals surface area contributed by atoms with E-state index in [2.05, 4.69) is 6.07 Å². The van der Waals surface area contributed by atoms with Gasteiger partial charge < -0.3 is 9.15 Å². The maximum absolute atomic E-state index is 11.8. The summed E-state index contributed by atoms with van der Waals surface area (Å²) in [5.74, 6) is 0.599. The molecular weight excluding hydrogens is 264 g/mol. The Hall–Kier alpha value is -2.55. The molecule has 0 atom stereocenters. The fraction of sp³-hybridized carbons (Fsp3) is 0.167. The van der Waals surface area contributed by atoms with Crippen molar-refractivity contribution in [2.75, 3.05) is 6.61 Å². The van der Waals surface area contributed by atoms with Crippen molar-refractivity contribution in [3.05, 3.63) is 59.9 Å². The van der Waals surface area contributed by atoms with Crippen molar-refractivity contribution in [2.45, 2.75) is 13.8 Å². The maximum Gasteiger partial charge on any atom is 0.338 e. The minimum Gasteiger partial charge on any atom is -0.462 e. The Bertz CT molecular complexity index is 799. The molecular formula is C18H16O3. The predicted molar refractivity (Wildman–Crippen MR) is 82.3 cm³/mol. The highest BCUT2D eigenvalue weighted by Crippen LogP contribution is 2.27. The molecule has 0 spiro atoms. The van der Waals surface area contributed by atoms with Gasteiger partial charge in [-0.2, -0.15) is 0 Å². The summed E-state index contributed by atoms with van der Waals surface area (Å²) in [5.41, 5.74) is 3.48. The zero-order valence-corrected chi connectivity index (χ0v) is 12.1. The quantitative estimate of drug-likeness (QED) is 0.659. The molecule has 0 fully saturated rings. The Morgan fingerprint density at radius 2 is 1.90 bits per heavy atom. The van der Waals surface area contributed by atoms with Gasteiger partial charge in [-0.1, -0.05) is 18.2 Å². The van der Waals surface area contributed by atoms with E-state index in [1.807, 2.05) is 43.3 Å². The molecule has 3 rings (SSSR count). The Balaban J connectivity index is 2.01. The molecule has 0 aliphatic rings. The maximum atomic E-state index is 11.8. The Labute approximate surface area is 123 Å². The molecule has 3 aromatic rings. The Kier molecular flexibility index (Phi) is 3.48. The summed E-state index contributed by atoms with van der Waals surface area (Å²) in [6.45, 7) is 4.11. The number of fused-ring (bicyclic) bond motifs is 1. The molecule has 0 radical (unpaired) electrons. The van der Waals surface area contributed by atoms with Crippen LogP contribution in [0.15, 0.2) is 52.9 Å². The zero-order valence-electron chi connectivity index (χ0n) is 12.1. The van der Waals surface area contributed by atoms with Gasteiger partial charge in [-0.25, -0.2) is 4.79 Å². The first-order valence-corrected chi connectivity index (χ1v) is 6.95. The Morgan fingerprint density at radius 3 is 2.71 bits per heavy atom. The lowest BCUT2D eigenvalue weighted by atomic mass is 10.0. The van der Waals surface area contributed by atoms with Crippen molar-refractivity contribution in [3.8, 4) is 11.1 Å². The Morgan fingerprint density at radius 1 is 1.10 bits per heavy atom. The number of ether oxygens (including phenoxy) is 1. The third kappa shape index (κ3) is 2.68. The average Bonchev–Trinajstić information content (AvgIpc) is 2.86. The molecule has 1 heterocycles. The van der Waals surface area contributed by atoms with Crippen molar-refractivity contribution >= 4 is 16.9 Å². The van der Waals surface area contributed by atoms with Crippen molar-refractivity contribution in [1.82, 2.24) is 0 Å². The summed E-state index contributed by atoms with van der Waals surface area (Å²) in [6.07, 6.45) is 0. The number of benzene rings is 2. The standard InChI is InChI=1S/C18H16O3/c1-3-20-18(19)15-6-4-5-13(10-15)14-7-8-17-16(11-14)9-12(2)21-17/h4-11H,3H2,1-2H3. The summed E-state index contributed by atoms with van der Waals surface area (Å²) in [4.78, 5) is 11.8. The molecule has 106 valence electrons. The van der Waals surface area contributed by atoms with Gasteiger partial charge in [0.2, 0.25) is 0 Å². The zero-order chi connectivity index (χ0) is 14.8. The predicted octanol–water partition coefficient (Wildman–Crippen LogP) is 4.58. The minimum absolute atomic E-state index is 0.292. The molecule has 0 aliphatic carbocycles.